The number of hydrogen-bond donors (Lipinski definition) is 1. The van der Waals surface area contributed by atoms with Crippen molar-refractivity contribution in [3.63, 3.8) is 0 Å². The lowest BCUT2D eigenvalue weighted by Gasteiger charge is -2.39. The number of ether oxygens (including phenoxy) is 1. The number of hydrogen-bond acceptors (Lipinski definition) is 4. The number of anilines is 1. The summed E-state index contributed by atoms with van der Waals surface area (Å²) in [5, 5.41) is 10.0. The van der Waals surface area contributed by atoms with E-state index in [0.29, 0.717) is 18.4 Å². The predicted octanol–water partition coefficient (Wildman–Crippen LogP) is 6.52. The van der Waals surface area contributed by atoms with Gasteiger partial charge in [-0.3, -0.25) is 4.90 Å². The van der Waals surface area contributed by atoms with Crippen LogP contribution in [0.15, 0.2) is 66.7 Å². The zero-order valence-corrected chi connectivity index (χ0v) is 21.2. The molecule has 0 aliphatic carbocycles. The third-order valence-electron chi connectivity index (χ3n) is 7.86. The number of fused-ring (bicyclic) bond motifs is 1. The summed E-state index contributed by atoms with van der Waals surface area (Å²) in [5.41, 5.74) is 4.64. The Morgan fingerprint density at radius 2 is 1.78 bits per heavy atom. The van der Waals surface area contributed by atoms with Crippen LogP contribution in [0.2, 0.25) is 0 Å². The second-order valence-electron chi connectivity index (χ2n) is 10.1. The van der Waals surface area contributed by atoms with Crippen LogP contribution in [0.3, 0.4) is 0 Å². The summed E-state index contributed by atoms with van der Waals surface area (Å²) >= 11 is 0. The van der Waals surface area contributed by atoms with Crippen LogP contribution in [-0.2, 0) is 12.8 Å². The van der Waals surface area contributed by atoms with Gasteiger partial charge in [0.15, 0.2) is 0 Å². The van der Waals surface area contributed by atoms with Gasteiger partial charge in [-0.25, -0.2) is 4.39 Å². The Hall–Kier alpha value is -3.05. The SMILES string of the molecule is CCC1CCCCN1CCOc1ccc(CC2c3ccc(O)cc3CCN2c2ccc(F)cc2)cc1. The lowest BCUT2D eigenvalue weighted by atomic mass is 9.88. The molecule has 1 saturated heterocycles. The number of phenolic OH excluding ortho intramolecular Hbond substituents is 1. The molecular weight excluding hydrogens is 451 g/mol. The van der Waals surface area contributed by atoms with Gasteiger partial charge in [0.25, 0.3) is 0 Å². The Morgan fingerprint density at radius 1 is 0.972 bits per heavy atom. The molecule has 2 heterocycles. The Kier molecular flexibility index (Phi) is 7.76. The van der Waals surface area contributed by atoms with Gasteiger partial charge in [-0.2, -0.15) is 0 Å². The molecule has 5 rings (SSSR count). The van der Waals surface area contributed by atoms with Gasteiger partial charge in [0, 0.05) is 24.8 Å². The second kappa shape index (κ2) is 11.3. The molecular formula is C31H37FN2O2. The fourth-order valence-electron chi connectivity index (χ4n) is 5.90. The summed E-state index contributed by atoms with van der Waals surface area (Å²) in [6, 6.07) is 21.7. The highest BCUT2D eigenvalue weighted by Gasteiger charge is 2.28. The first-order valence-electron chi connectivity index (χ1n) is 13.4. The number of aromatic hydroxyl groups is 1. The lowest BCUT2D eigenvalue weighted by molar-refractivity contribution is 0.120. The van der Waals surface area contributed by atoms with Crippen molar-refractivity contribution in [3.8, 4) is 11.5 Å². The van der Waals surface area contributed by atoms with Crippen LogP contribution in [0.1, 0.15) is 55.3 Å². The van der Waals surface area contributed by atoms with E-state index in [-0.39, 0.29) is 11.9 Å². The van der Waals surface area contributed by atoms with Crippen LogP contribution in [0, 0.1) is 5.82 Å². The van der Waals surface area contributed by atoms with E-state index in [0.717, 1.165) is 37.4 Å². The van der Waals surface area contributed by atoms with Gasteiger partial charge in [-0.05, 0) is 104 Å². The van der Waals surface area contributed by atoms with Crippen molar-refractivity contribution in [1.82, 2.24) is 4.90 Å². The van der Waals surface area contributed by atoms with E-state index in [1.54, 1.807) is 6.07 Å². The Morgan fingerprint density at radius 3 is 2.56 bits per heavy atom. The molecule has 0 spiro atoms. The van der Waals surface area contributed by atoms with Gasteiger partial charge in [-0.1, -0.05) is 31.5 Å². The number of nitrogens with zero attached hydrogens (tertiary/aromatic N) is 2. The molecule has 0 amide bonds. The van der Waals surface area contributed by atoms with Crippen LogP contribution in [0.4, 0.5) is 10.1 Å². The van der Waals surface area contributed by atoms with Gasteiger partial charge in [0.1, 0.15) is 23.9 Å². The average Bonchev–Trinajstić information content (AvgIpc) is 2.90. The molecule has 4 nitrogen and oxygen atoms in total. The van der Waals surface area contributed by atoms with E-state index >= 15 is 0 Å². The minimum Gasteiger partial charge on any atom is -0.508 e. The van der Waals surface area contributed by atoms with E-state index in [1.807, 2.05) is 24.3 Å². The van der Waals surface area contributed by atoms with Crippen molar-refractivity contribution < 1.29 is 14.2 Å². The first-order valence-corrected chi connectivity index (χ1v) is 13.4. The molecule has 0 radical (unpaired) electrons. The van der Waals surface area contributed by atoms with Crippen LogP contribution >= 0.6 is 0 Å². The predicted molar refractivity (Wildman–Crippen MR) is 143 cm³/mol. The second-order valence-corrected chi connectivity index (χ2v) is 10.1. The summed E-state index contributed by atoms with van der Waals surface area (Å²) in [6.07, 6.45) is 6.84. The molecule has 2 unspecified atom stereocenters. The normalized spacial score (nSPS) is 20.2. The quantitative estimate of drug-likeness (QED) is 0.392. The molecule has 0 bridgehead atoms. The summed E-state index contributed by atoms with van der Waals surface area (Å²) in [7, 11) is 0. The molecule has 1 N–H and O–H groups in total. The molecule has 3 aromatic rings. The van der Waals surface area contributed by atoms with E-state index in [1.165, 1.54) is 61.1 Å². The molecule has 2 aliphatic heterocycles. The molecule has 190 valence electrons. The first kappa shape index (κ1) is 24.6. The Labute approximate surface area is 214 Å². The van der Waals surface area contributed by atoms with Gasteiger partial charge < -0.3 is 14.7 Å². The molecule has 2 aliphatic rings. The lowest BCUT2D eigenvalue weighted by Crippen LogP contribution is -2.41. The van der Waals surface area contributed by atoms with Crippen molar-refractivity contribution in [2.24, 2.45) is 0 Å². The molecule has 5 heteroatoms. The summed E-state index contributed by atoms with van der Waals surface area (Å²) in [6.45, 7) is 5.99. The van der Waals surface area contributed by atoms with Gasteiger partial charge in [-0.15, -0.1) is 0 Å². The molecule has 2 atom stereocenters. The van der Waals surface area contributed by atoms with Crippen molar-refractivity contribution in [1.29, 1.82) is 0 Å². The molecule has 0 saturated carbocycles. The van der Waals surface area contributed by atoms with E-state index in [2.05, 4.69) is 41.0 Å². The Balaban J connectivity index is 1.27. The highest BCUT2D eigenvalue weighted by atomic mass is 19.1. The fraction of sp³-hybridized carbons (Fsp3) is 0.419. The molecule has 1 fully saturated rings. The smallest absolute Gasteiger partial charge is 0.123 e. The zero-order chi connectivity index (χ0) is 24.9. The van der Waals surface area contributed by atoms with Crippen LogP contribution in [0.25, 0.3) is 0 Å². The largest absolute Gasteiger partial charge is 0.508 e. The van der Waals surface area contributed by atoms with Crippen molar-refractivity contribution in [2.75, 3.05) is 31.1 Å². The van der Waals surface area contributed by atoms with E-state index in [9.17, 15) is 9.50 Å². The van der Waals surface area contributed by atoms with Crippen LogP contribution < -0.4 is 9.64 Å². The summed E-state index contributed by atoms with van der Waals surface area (Å²) < 4.78 is 19.7. The number of rotatable bonds is 8. The maximum Gasteiger partial charge on any atom is 0.123 e. The van der Waals surface area contributed by atoms with Gasteiger partial charge in [0.05, 0.1) is 6.04 Å². The molecule has 36 heavy (non-hydrogen) atoms. The van der Waals surface area contributed by atoms with Gasteiger partial charge >= 0.3 is 0 Å². The standard InChI is InChI=1S/C31H37FN2O2/c1-2-26-5-3-4-17-33(26)19-20-36-29-13-6-23(7-14-29)21-31-30-15-12-28(35)22-24(30)16-18-34(31)27-10-8-25(32)9-11-27/h6-15,22,26,31,35H,2-5,16-21H2,1H3. The minimum atomic E-state index is -0.223. The van der Waals surface area contributed by atoms with E-state index in [4.69, 9.17) is 4.74 Å². The number of phenols is 1. The number of benzene rings is 3. The maximum absolute atomic E-state index is 13.6. The third-order valence-corrected chi connectivity index (χ3v) is 7.86. The van der Waals surface area contributed by atoms with Crippen LogP contribution in [-0.4, -0.2) is 42.3 Å². The van der Waals surface area contributed by atoms with Gasteiger partial charge in [0.2, 0.25) is 0 Å². The van der Waals surface area contributed by atoms with E-state index < -0.39 is 0 Å². The monoisotopic (exact) mass is 488 g/mol. The highest BCUT2D eigenvalue weighted by molar-refractivity contribution is 5.53. The van der Waals surface area contributed by atoms with Crippen molar-refractivity contribution >= 4 is 5.69 Å². The third kappa shape index (κ3) is 5.67. The number of likely N-dealkylation sites (tertiary alicyclic amines) is 1. The molecule has 0 aromatic heterocycles. The highest BCUT2D eigenvalue weighted by Crippen LogP contribution is 2.37. The van der Waals surface area contributed by atoms with Crippen molar-refractivity contribution in [2.45, 2.75) is 57.5 Å². The minimum absolute atomic E-state index is 0.108. The van der Waals surface area contributed by atoms with Crippen molar-refractivity contribution in [3.05, 3.63) is 89.2 Å². The zero-order valence-electron chi connectivity index (χ0n) is 21.2. The Bertz CT molecular complexity index is 1130. The number of halogens is 1. The fourth-order valence-corrected chi connectivity index (χ4v) is 5.90. The van der Waals surface area contributed by atoms with Crippen LogP contribution in [0.5, 0.6) is 11.5 Å². The average molecular weight is 489 g/mol. The number of piperidine rings is 1. The maximum atomic E-state index is 13.6. The molecule has 3 aromatic carbocycles. The summed E-state index contributed by atoms with van der Waals surface area (Å²) in [5.74, 6) is 0.992. The topological polar surface area (TPSA) is 35.9 Å². The first-order chi connectivity index (χ1) is 17.6. The summed E-state index contributed by atoms with van der Waals surface area (Å²) in [4.78, 5) is 4.94.